The number of carbonyl (C=O) groups excluding carboxylic acids is 3. The van der Waals surface area contributed by atoms with Gasteiger partial charge in [0.25, 0.3) is 0 Å². The zero-order valence-corrected chi connectivity index (χ0v) is 13.7. The molecule has 0 aliphatic carbocycles. The number of rotatable bonds is 5. The molecule has 0 bridgehead atoms. The molecule has 0 aromatic heterocycles. The Morgan fingerprint density at radius 2 is 2.13 bits per heavy atom. The van der Waals surface area contributed by atoms with E-state index in [1.54, 1.807) is 0 Å². The highest BCUT2D eigenvalue weighted by Gasteiger charge is 2.40. The van der Waals surface area contributed by atoms with Crippen LogP contribution in [0.25, 0.3) is 0 Å². The van der Waals surface area contributed by atoms with Crippen molar-refractivity contribution in [3.8, 4) is 5.75 Å². The highest BCUT2D eigenvalue weighted by molar-refractivity contribution is 5.94. The van der Waals surface area contributed by atoms with Gasteiger partial charge in [-0.1, -0.05) is 17.7 Å². The first-order chi connectivity index (χ1) is 10.8. The van der Waals surface area contributed by atoms with Crippen LogP contribution in [0.4, 0.5) is 0 Å². The minimum Gasteiger partial charge on any atom is -0.487 e. The Bertz CT molecular complexity index is 625. The second kappa shape index (κ2) is 6.40. The Morgan fingerprint density at radius 3 is 2.70 bits per heavy atom. The Hall–Kier alpha value is -2.37. The lowest BCUT2D eigenvalue weighted by Gasteiger charge is -2.42. The van der Waals surface area contributed by atoms with Crippen molar-refractivity contribution in [2.45, 2.75) is 44.9 Å². The molecule has 0 spiro atoms. The standard InChI is InChI=1S/C17H21NO5/c1-11-5-6-15-12(7-11)13(8-17(2,3)23-15)18(10-20)14(9-19)16(21)22-4/h5-7,9-10,13-14H,8H2,1-4H3. The molecule has 1 aliphatic rings. The van der Waals surface area contributed by atoms with Crippen molar-refractivity contribution in [1.82, 2.24) is 4.90 Å². The average molecular weight is 319 g/mol. The third-order valence-corrected chi connectivity index (χ3v) is 3.97. The number of fused-ring (bicyclic) bond motifs is 1. The summed E-state index contributed by atoms with van der Waals surface area (Å²) in [4.78, 5) is 36.1. The first-order valence-corrected chi connectivity index (χ1v) is 7.38. The van der Waals surface area contributed by atoms with Crippen molar-refractivity contribution < 1.29 is 23.9 Å². The second-order valence-corrected chi connectivity index (χ2v) is 6.28. The molecule has 6 nitrogen and oxygen atoms in total. The lowest BCUT2D eigenvalue weighted by Crippen LogP contribution is -2.48. The Morgan fingerprint density at radius 1 is 1.43 bits per heavy atom. The van der Waals surface area contributed by atoms with Gasteiger partial charge in [-0.3, -0.25) is 4.79 Å². The van der Waals surface area contributed by atoms with Gasteiger partial charge in [-0.25, -0.2) is 4.79 Å². The molecular formula is C17H21NO5. The second-order valence-electron chi connectivity index (χ2n) is 6.28. The molecule has 0 N–H and O–H groups in total. The molecule has 1 aromatic rings. The van der Waals surface area contributed by atoms with Crippen LogP contribution in [0.3, 0.4) is 0 Å². The smallest absolute Gasteiger partial charge is 0.336 e. The Kier molecular flexibility index (Phi) is 4.73. The number of aldehydes is 1. The van der Waals surface area contributed by atoms with Crippen molar-refractivity contribution in [1.29, 1.82) is 0 Å². The van der Waals surface area contributed by atoms with Crippen molar-refractivity contribution in [3.05, 3.63) is 29.3 Å². The monoisotopic (exact) mass is 319 g/mol. The van der Waals surface area contributed by atoms with Crippen LogP contribution >= 0.6 is 0 Å². The number of hydrogen-bond donors (Lipinski definition) is 0. The quantitative estimate of drug-likeness (QED) is 0.470. The summed E-state index contributed by atoms with van der Waals surface area (Å²) in [5, 5.41) is 0. The molecule has 2 unspecified atom stereocenters. The van der Waals surface area contributed by atoms with E-state index >= 15 is 0 Å². The lowest BCUT2D eigenvalue weighted by atomic mass is 9.87. The Balaban J connectivity index is 2.51. The van der Waals surface area contributed by atoms with Crippen molar-refractivity contribution >= 4 is 18.7 Å². The van der Waals surface area contributed by atoms with Gasteiger partial charge in [0.05, 0.1) is 13.2 Å². The number of ether oxygens (including phenoxy) is 2. The van der Waals surface area contributed by atoms with Crippen molar-refractivity contribution in [3.63, 3.8) is 0 Å². The highest BCUT2D eigenvalue weighted by Crippen LogP contribution is 2.43. The van der Waals surface area contributed by atoms with Gasteiger partial charge in [0.1, 0.15) is 11.4 Å². The predicted octanol–water partition coefficient (Wildman–Crippen LogP) is 1.80. The fraction of sp³-hybridized carbons (Fsp3) is 0.471. The number of esters is 1. The maximum absolute atomic E-state index is 11.8. The molecule has 2 rings (SSSR count). The van der Waals surface area contributed by atoms with E-state index in [-0.39, 0.29) is 0 Å². The topological polar surface area (TPSA) is 72.9 Å². The summed E-state index contributed by atoms with van der Waals surface area (Å²) < 4.78 is 10.6. The minimum atomic E-state index is -1.27. The van der Waals surface area contributed by atoms with Gasteiger partial charge in [0, 0.05) is 12.0 Å². The minimum absolute atomic E-state index is 0.429. The van der Waals surface area contributed by atoms with E-state index in [2.05, 4.69) is 4.74 Å². The van der Waals surface area contributed by atoms with Gasteiger partial charge in [0.2, 0.25) is 6.41 Å². The number of carbonyl (C=O) groups is 3. The number of methoxy groups -OCH3 is 1. The normalized spacial score (nSPS) is 19.7. The number of hydrogen-bond acceptors (Lipinski definition) is 5. The number of amides is 1. The van der Waals surface area contributed by atoms with Crippen LogP contribution in [0.5, 0.6) is 5.75 Å². The molecule has 0 saturated heterocycles. The fourth-order valence-electron chi connectivity index (χ4n) is 2.90. The highest BCUT2D eigenvalue weighted by atomic mass is 16.5. The molecule has 0 fully saturated rings. The van der Waals surface area contributed by atoms with Gasteiger partial charge in [-0.2, -0.15) is 0 Å². The summed E-state index contributed by atoms with van der Waals surface area (Å²) >= 11 is 0. The van der Waals surface area contributed by atoms with E-state index in [1.165, 1.54) is 12.0 Å². The van der Waals surface area contributed by atoms with Gasteiger partial charge in [0.15, 0.2) is 12.3 Å². The molecule has 1 aliphatic heterocycles. The molecule has 6 heteroatoms. The van der Waals surface area contributed by atoms with Crippen LogP contribution in [-0.4, -0.2) is 42.3 Å². The van der Waals surface area contributed by atoms with Gasteiger partial charge in [-0.15, -0.1) is 0 Å². The van der Waals surface area contributed by atoms with Gasteiger partial charge < -0.3 is 19.2 Å². The summed E-state index contributed by atoms with van der Waals surface area (Å²) in [5.74, 6) is -0.108. The van der Waals surface area contributed by atoms with Crippen LogP contribution in [0.2, 0.25) is 0 Å². The van der Waals surface area contributed by atoms with E-state index in [1.807, 2.05) is 39.0 Å². The number of nitrogens with zero attached hydrogens (tertiary/aromatic N) is 1. The fourth-order valence-corrected chi connectivity index (χ4v) is 2.90. The Labute approximate surface area is 135 Å². The molecule has 1 amide bonds. The lowest BCUT2D eigenvalue weighted by molar-refractivity contribution is -0.154. The summed E-state index contributed by atoms with van der Waals surface area (Å²) in [5.41, 5.74) is 1.26. The summed E-state index contributed by atoms with van der Waals surface area (Å²) in [6, 6.07) is 3.95. The molecule has 0 saturated carbocycles. The maximum atomic E-state index is 11.8. The zero-order valence-electron chi connectivity index (χ0n) is 13.7. The molecule has 2 atom stereocenters. The summed E-state index contributed by atoms with van der Waals surface area (Å²) in [6.45, 7) is 5.74. The molecular weight excluding hydrogens is 298 g/mol. The van der Waals surface area contributed by atoms with Gasteiger partial charge >= 0.3 is 5.97 Å². The molecule has 124 valence electrons. The predicted molar refractivity (Wildman–Crippen MR) is 83.0 cm³/mol. The third-order valence-electron chi connectivity index (χ3n) is 3.97. The summed E-state index contributed by atoms with van der Waals surface area (Å²) in [6.07, 6.45) is 1.41. The van der Waals surface area contributed by atoms with E-state index in [9.17, 15) is 14.4 Å². The molecule has 1 aromatic carbocycles. The number of aryl methyl sites for hydroxylation is 1. The zero-order chi connectivity index (χ0) is 17.2. The van der Waals surface area contributed by atoms with Crippen LogP contribution in [0.15, 0.2) is 18.2 Å². The third kappa shape index (κ3) is 3.36. The SMILES string of the molecule is COC(=O)C(C=O)N(C=O)C1CC(C)(C)Oc2ccc(C)cc21. The van der Waals surface area contributed by atoms with Crippen molar-refractivity contribution in [2.75, 3.05) is 7.11 Å². The van der Waals surface area contributed by atoms with Gasteiger partial charge in [-0.05, 0) is 26.8 Å². The summed E-state index contributed by atoms with van der Waals surface area (Å²) in [7, 11) is 1.19. The largest absolute Gasteiger partial charge is 0.487 e. The first kappa shape index (κ1) is 17.0. The van der Waals surface area contributed by atoms with E-state index in [0.29, 0.717) is 24.9 Å². The molecule has 1 heterocycles. The first-order valence-electron chi connectivity index (χ1n) is 7.38. The number of benzene rings is 1. The van der Waals surface area contributed by atoms with Crippen molar-refractivity contribution in [2.24, 2.45) is 0 Å². The van der Waals surface area contributed by atoms with Crippen LogP contribution in [0, 0.1) is 6.92 Å². The van der Waals surface area contributed by atoms with E-state index in [4.69, 9.17) is 4.74 Å². The maximum Gasteiger partial charge on any atom is 0.336 e. The van der Waals surface area contributed by atoms with E-state index in [0.717, 1.165) is 11.1 Å². The van der Waals surface area contributed by atoms with E-state index < -0.39 is 23.7 Å². The van der Waals surface area contributed by atoms with Crippen LogP contribution in [-0.2, 0) is 19.1 Å². The molecule has 23 heavy (non-hydrogen) atoms. The molecule has 0 radical (unpaired) electrons. The van der Waals surface area contributed by atoms with Crippen LogP contribution < -0.4 is 4.74 Å². The van der Waals surface area contributed by atoms with Crippen LogP contribution in [0.1, 0.15) is 37.4 Å². The average Bonchev–Trinajstić information content (AvgIpc) is 2.51.